The second-order valence-electron chi connectivity index (χ2n) is 3.02. The molecule has 2 rings (SSSR count). The smallest absolute Gasteiger partial charge is 0.237 e. The Bertz CT molecular complexity index is 461. The molecular weight excluding hydrogens is 221 g/mol. The van der Waals surface area contributed by atoms with Crippen LogP contribution in [0.4, 0.5) is 10.1 Å². The van der Waals surface area contributed by atoms with Crippen LogP contribution in [0.5, 0.6) is 5.75 Å². The molecule has 1 amide bonds. The molecule has 1 aromatic rings. The molecule has 1 unspecified atom stereocenters. The van der Waals surface area contributed by atoms with Crippen LogP contribution in [0.3, 0.4) is 0 Å². The van der Waals surface area contributed by atoms with Crippen molar-refractivity contribution in [3.63, 3.8) is 0 Å². The minimum absolute atomic E-state index is 0.0262. The number of carbonyl (C=O) groups excluding carboxylic acids is 1. The van der Waals surface area contributed by atoms with E-state index in [9.17, 15) is 13.4 Å². The largest absolute Gasteiger partial charge is 0.494 e. The summed E-state index contributed by atoms with van der Waals surface area (Å²) in [7, 11) is -0.0956. The lowest BCUT2D eigenvalue weighted by Gasteiger charge is -2.17. The summed E-state index contributed by atoms with van der Waals surface area (Å²) in [6, 6.07) is 2.46. The average Bonchev–Trinajstić information content (AvgIpc) is 2.16. The van der Waals surface area contributed by atoms with Crippen molar-refractivity contribution in [1.29, 1.82) is 0 Å². The molecule has 1 aromatic carbocycles. The second-order valence-corrected chi connectivity index (χ2v) is 4.44. The maximum absolute atomic E-state index is 13.3. The van der Waals surface area contributed by atoms with E-state index in [0.717, 1.165) is 6.07 Å². The number of rotatable bonds is 1. The van der Waals surface area contributed by atoms with E-state index in [2.05, 4.69) is 5.32 Å². The molecule has 1 heterocycles. The van der Waals surface area contributed by atoms with Crippen LogP contribution in [-0.2, 0) is 15.6 Å². The van der Waals surface area contributed by atoms with Gasteiger partial charge in [-0.25, -0.2) is 4.39 Å². The Hall–Kier alpha value is -1.43. The van der Waals surface area contributed by atoms with Crippen molar-refractivity contribution in [2.45, 2.75) is 4.90 Å². The maximum atomic E-state index is 13.3. The molecule has 1 atom stereocenters. The van der Waals surface area contributed by atoms with Crippen molar-refractivity contribution in [3.8, 4) is 5.75 Å². The van der Waals surface area contributed by atoms with E-state index >= 15 is 0 Å². The Kier molecular flexibility index (Phi) is 2.44. The van der Waals surface area contributed by atoms with Crippen LogP contribution in [0.1, 0.15) is 0 Å². The third kappa shape index (κ3) is 1.72. The molecule has 80 valence electrons. The summed E-state index contributed by atoms with van der Waals surface area (Å²) in [4.78, 5) is 11.4. The van der Waals surface area contributed by atoms with E-state index in [1.807, 2.05) is 0 Å². The van der Waals surface area contributed by atoms with Crippen LogP contribution in [0.2, 0.25) is 0 Å². The van der Waals surface area contributed by atoms with Gasteiger partial charge in [0.15, 0.2) is 11.6 Å². The maximum Gasteiger partial charge on any atom is 0.237 e. The van der Waals surface area contributed by atoms with Crippen molar-refractivity contribution < 1.29 is 18.1 Å². The third-order valence-corrected chi connectivity index (χ3v) is 3.39. The molecule has 0 saturated carbocycles. The SMILES string of the molecule is COc1cc2c(cc1F)NC(=O)CS2=O. The first kappa shape index (κ1) is 10.1. The first-order valence-electron chi connectivity index (χ1n) is 4.17. The summed E-state index contributed by atoms with van der Waals surface area (Å²) in [6.07, 6.45) is 0. The number of benzene rings is 1. The van der Waals surface area contributed by atoms with Crippen LogP contribution in [0.15, 0.2) is 17.0 Å². The molecule has 1 aliphatic heterocycles. The minimum atomic E-state index is -1.42. The van der Waals surface area contributed by atoms with Crippen LogP contribution >= 0.6 is 0 Å². The molecule has 0 aromatic heterocycles. The Morgan fingerprint density at radius 2 is 2.27 bits per heavy atom. The van der Waals surface area contributed by atoms with Gasteiger partial charge in [0.1, 0.15) is 5.75 Å². The van der Waals surface area contributed by atoms with Crippen molar-refractivity contribution in [2.75, 3.05) is 18.2 Å². The molecule has 1 aliphatic rings. The van der Waals surface area contributed by atoms with E-state index in [0.29, 0.717) is 4.90 Å². The average molecular weight is 229 g/mol. The second kappa shape index (κ2) is 3.62. The molecule has 0 aliphatic carbocycles. The van der Waals surface area contributed by atoms with Gasteiger partial charge in [-0.05, 0) is 0 Å². The number of hydrogen-bond acceptors (Lipinski definition) is 3. The quantitative estimate of drug-likeness (QED) is 0.778. The molecule has 4 nitrogen and oxygen atoms in total. The Labute approximate surface area is 87.9 Å². The summed E-state index contributed by atoms with van der Waals surface area (Å²) >= 11 is 0. The number of anilines is 1. The number of nitrogens with one attached hydrogen (secondary N) is 1. The van der Waals surface area contributed by atoms with Crippen LogP contribution in [0.25, 0.3) is 0 Å². The van der Waals surface area contributed by atoms with Crippen LogP contribution < -0.4 is 10.1 Å². The molecular formula is C9H8FNO3S. The first-order chi connectivity index (χ1) is 7.11. The minimum Gasteiger partial charge on any atom is -0.494 e. The number of methoxy groups -OCH3 is 1. The van der Waals surface area contributed by atoms with Crippen molar-refractivity contribution in [3.05, 3.63) is 17.9 Å². The third-order valence-electron chi connectivity index (χ3n) is 2.04. The van der Waals surface area contributed by atoms with E-state index in [1.54, 1.807) is 0 Å². The first-order valence-corrected chi connectivity index (χ1v) is 5.49. The van der Waals surface area contributed by atoms with E-state index in [4.69, 9.17) is 4.74 Å². The molecule has 6 heteroatoms. The lowest BCUT2D eigenvalue weighted by molar-refractivity contribution is -0.113. The number of fused-ring (bicyclic) bond motifs is 1. The van der Waals surface area contributed by atoms with Gasteiger partial charge >= 0.3 is 0 Å². The fraction of sp³-hybridized carbons (Fsp3) is 0.222. The number of ether oxygens (including phenoxy) is 1. The molecule has 0 spiro atoms. The predicted octanol–water partition coefficient (Wildman–Crippen LogP) is 0.894. The van der Waals surface area contributed by atoms with Crippen molar-refractivity contribution >= 4 is 22.4 Å². The van der Waals surface area contributed by atoms with Crippen LogP contribution in [-0.4, -0.2) is 23.0 Å². The Balaban J connectivity index is 2.56. The van der Waals surface area contributed by atoms with E-state index < -0.39 is 16.6 Å². The highest BCUT2D eigenvalue weighted by atomic mass is 32.2. The number of hydrogen-bond donors (Lipinski definition) is 1. The molecule has 0 bridgehead atoms. The zero-order valence-electron chi connectivity index (χ0n) is 7.87. The standard InChI is InChI=1S/C9H8FNO3S/c1-14-7-3-8-6(2-5(7)10)11-9(12)4-15(8)13/h2-3H,4H2,1H3,(H,11,12). The highest BCUT2D eigenvalue weighted by Crippen LogP contribution is 2.30. The summed E-state index contributed by atoms with van der Waals surface area (Å²) in [6.45, 7) is 0. The molecule has 0 radical (unpaired) electrons. The number of carbonyl (C=O) groups is 1. The molecule has 0 fully saturated rings. The predicted molar refractivity (Wildman–Crippen MR) is 52.9 cm³/mol. The van der Waals surface area contributed by atoms with Gasteiger partial charge in [-0.1, -0.05) is 0 Å². The zero-order valence-corrected chi connectivity index (χ0v) is 8.69. The molecule has 15 heavy (non-hydrogen) atoms. The van der Waals surface area contributed by atoms with Gasteiger partial charge in [0.25, 0.3) is 0 Å². The number of halogens is 1. The lowest BCUT2D eigenvalue weighted by Crippen LogP contribution is -2.25. The van der Waals surface area contributed by atoms with Gasteiger partial charge in [-0.2, -0.15) is 0 Å². The number of amides is 1. The van der Waals surface area contributed by atoms with Gasteiger partial charge in [-0.15, -0.1) is 0 Å². The van der Waals surface area contributed by atoms with Crippen LogP contribution in [0, 0.1) is 5.82 Å². The summed E-state index contributed by atoms with van der Waals surface area (Å²) in [5.41, 5.74) is 0.253. The van der Waals surface area contributed by atoms with Crippen molar-refractivity contribution in [1.82, 2.24) is 0 Å². The Morgan fingerprint density at radius 3 is 2.93 bits per heavy atom. The molecule has 0 saturated heterocycles. The van der Waals surface area contributed by atoms with Gasteiger partial charge < -0.3 is 10.1 Å². The fourth-order valence-corrected chi connectivity index (χ4v) is 2.42. The summed E-state index contributed by atoms with van der Waals surface area (Å²) in [5.74, 6) is -1.03. The highest BCUT2D eigenvalue weighted by Gasteiger charge is 2.23. The highest BCUT2D eigenvalue weighted by molar-refractivity contribution is 7.86. The summed E-state index contributed by atoms with van der Waals surface area (Å²) in [5, 5.41) is 2.45. The normalized spacial score (nSPS) is 19.3. The monoisotopic (exact) mass is 229 g/mol. The molecule has 1 N–H and O–H groups in total. The van der Waals surface area contributed by atoms with E-state index in [-0.39, 0.29) is 23.1 Å². The van der Waals surface area contributed by atoms with Gasteiger partial charge in [-0.3, -0.25) is 9.00 Å². The zero-order chi connectivity index (χ0) is 11.0. The Morgan fingerprint density at radius 1 is 1.53 bits per heavy atom. The fourth-order valence-electron chi connectivity index (χ4n) is 1.36. The topological polar surface area (TPSA) is 55.4 Å². The van der Waals surface area contributed by atoms with Gasteiger partial charge in [0.05, 0.1) is 28.5 Å². The lowest BCUT2D eigenvalue weighted by atomic mass is 10.3. The van der Waals surface area contributed by atoms with Gasteiger partial charge in [0.2, 0.25) is 5.91 Å². The van der Waals surface area contributed by atoms with Gasteiger partial charge in [0, 0.05) is 12.1 Å². The van der Waals surface area contributed by atoms with Crippen molar-refractivity contribution in [2.24, 2.45) is 0 Å². The summed E-state index contributed by atoms with van der Waals surface area (Å²) < 4.78 is 29.6. The van der Waals surface area contributed by atoms with E-state index in [1.165, 1.54) is 13.2 Å².